The molecule has 0 spiro atoms. The van der Waals surface area contributed by atoms with Gasteiger partial charge < -0.3 is 5.11 Å². The number of hydrogen-bond acceptors (Lipinski definition) is 3. The van der Waals surface area contributed by atoms with E-state index in [9.17, 15) is 5.11 Å². The molecule has 182 valence electrons. The van der Waals surface area contributed by atoms with Crippen LogP contribution in [0.25, 0.3) is 0 Å². The molecule has 0 bridgehead atoms. The average molecular weight is 461 g/mol. The smallest absolute Gasteiger partial charge is 0.0521 e. The third kappa shape index (κ3) is 10.1. The van der Waals surface area contributed by atoms with Crippen LogP contribution in [0.1, 0.15) is 94.9 Å². The highest BCUT2D eigenvalue weighted by atomic mass is 32.2. The van der Waals surface area contributed by atoms with Crippen molar-refractivity contribution in [2.24, 2.45) is 52.8 Å². The number of rotatable bonds is 12. The summed E-state index contributed by atoms with van der Waals surface area (Å²) in [5.74, 6) is 9.56. The Hall–Kier alpha value is 0.660. The highest BCUT2D eigenvalue weighted by Gasteiger charge is 2.45. The summed E-state index contributed by atoms with van der Waals surface area (Å²) < 4.78 is 0. The Balaban J connectivity index is 0.00000407. The van der Waals surface area contributed by atoms with E-state index in [0.29, 0.717) is 12.0 Å². The Bertz CT molecular complexity index is 418. The van der Waals surface area contributed by atoms with Crippen LogP contribution in [-0.2, 0) is 0 Å². The van der Waals surface area contributed by atoms with Gasteiger partial charge in [-0.25, -0.2) is 0 Å². The van der Waals surface area contributed by atoms with Gasteiger partial charge in [0.05, 0.1) is 6.61 Å². The first-order chi connectivity index (χ1) is 14.0. The molecular formula is C27H56OS2. The maximum Gasteiger partial charge on any atom is 0.0521 e. The van der Waals surface area contributed by atoms with E-state index < -0.39 is 0 Å². The maximum atomic E-state index is 9.23. The van der Waals surface area contributed by atoms with Gasteiger partial charge in [0.1, 0.15) is 0 Å². The summed E-state index contributed by atoms with van der Waals surface area (Å²) in [7, 11) is 0. The van der Waals surface area contributed by atoms with Gasteiger partial charge in [0.15, 0.2) is 0 Å². The summed E-state index contributed by atoms with van der Waals surface area (Å²) in [6.07, 6.45) is 5.37. The topological polar surface area (TPSA) is 20.2 Å². The third-order valence-corrected chi connectivity index (χ3v) is 9.07. The largest absolute Gasteiger partial charge is 0.396 e. The van der Waals surface area contributed by atoms with Crippen molar-refractivity contribution in [2.75, 3.05) is 23.9 Å². The van der Waals surface area contributed by atoms with Gasteiger partial charge in [0.25, 0.3) is 0 Å². The average Bonchev–Trinajstić information content (AvgIpc) is 2.98. The highest BCUT2D eigenvalue weighted by molar-refractivity contribution is 7.99. The van der Waals surface area contributed by atoms with Crippen molar-refractivity contribution in [3.63, 3.8) is 0 Å². The Morgan fingerprint density at radius 1 is 1.10 bits per heavy atom. The van der Waals surface area contributed by atoms with Crippen molar-refractivity contribution in [3.05, 3.63) is 0 Å². The van der Waals surface area contributed by atoms with Crippen LogP contribution in [0, 0.1) is 52.8 Å². The molecule has 0 heterocycles. The van der Waals surface area contributed by atoms with E-state index in [1.54, 1.807) is 0 Å². The number of thiol groups is 1. The predicted molar refractivity (Wildman–Crippen MR) is 144 cm³/mol. The van der Waals surface area contributed by atoms with Crippen LogP contribution in [0.5, 0.6) is 0 Å². The zero-order valence-electron chi connectivity index (χ0n) is 22.1. The molecule has 0 aromatic heterocycles. The van der Waals surface area contributed by atoms with Crippen LogP contribution in [0.2, 0.25) is 0 Å². The zero-order valence-corrected chi connectivity index (χ0v) is 23.8. The first-order valence-corrected chi connectivity index (χ1v) is 14.6. The molecular weight excluding hydrogens is 404 g/mol. The van der Waals surface area contributed by atoms with E-state index in [1.165, 1.54) is 31.4 Å². The normalized spacial score (nSPS) is 27.5. The number of aliphatic hydroxyl groups excluding tert-OH is 1. The Kier molecular flexibility index (Phi) is 15.8. The lowest BCUT2D eigenvalue weighted by atomic mass is 9.73. The number of thioether (sulfide) groups is 1. The molecule has 0 saturated heterocycles. The van der Waals surface area contributed by atoms with Gasteiger partial charge in [-0.15, -0.1) is 0 Å². The summed E-state index contributed by atoms with van der Waals surface area (Å²) in [5.41, 5.74) is 0.398. The Morgan fingerprint density at radius 2 is 1.70 bits per heavy atom. The molecule has 0 aliphatic heterocycles. The Labute approximate surface area is 200 Å². The molecule has 1 aliphatic rings. The van der Waals surface area contributed by atoms with Gasteiger partial charge in [-0.3, -0.25) is 0 Å². The van der Waals surface area contributed by atoms with Crippen molar-refractivity contribution in [1.29, 1.82) is 0 Å². The standard InChI is InChI=1S/C25H50OS2.C2H6/c1-17(2)13-21(9-11-27)19(4)18(3)14-22-15-24(25(6,7)8)20(5)23(22)16-28-12-10-26;1-2/h17-24,26-27H,9-16H2,1-8H3;1-2H3. The summed E-state index contributed by atoms with van der Waals surface area (Å²) in [5, 5.41) is 9.23. The van der Waals surface area contributed by atoms with Crippen molar-refractivity contribution in [2.45, 2.75) is 94.9 Å². The molecule has 7 atom stereocenters. The van der Waals surface area contributed by atoms with E-state index in [1.807, 2.05) is 25.6 Å². The van der Waals surface area contributed by atoms with Crippen LogP contribution in [0.4, 0.5) is 0 Å². The van der Waals surface area contributed by atoms with Crippen LogP contribution >= 0.6 is 24.4 Å². The minimum Gasteiger partial charge on any atom is -0.396 e. The number of aliphatic hydroxyl groups is 1. The molecule has 1 N–H and O–H groups in total. The number of hydrogen-bond donors (Lipinski definition) is 2. The zero-order chi connectivity index (χ0) is 23.5. The van der Waals surface area contributed by atoms with E-state index in [2.05, 4.69) is 68.0 Å². The van der Waals surface area contributed by atoms with Crippen LogP contribution in [0.3, 0.4) is 0 Å². The monoisotopic (exact) mass is 460 g/mol. The molecule has 0 radical (unpaired) electrons. The van der Waals surface area contributed by atoms with Gasteiger partial charge in [0, 0.05) is 5.75 Å². The lowest BCUT2D eigenvalue weighted by molar-refractivity contribution is 0.181. The van der Waals surface area contributed by atoms with Crippen LogP contribution in [0.15, 0.2) is 0 Å². The molecule has 1 nitrogen and oxygen atoms in total. The predicted octanol–water partition coefficient (Wildman–Crippen LogP) is 8.32. The van der Waals surface area contributed by atoms with E-state index in [4.69, 9.17) is 0 Å². The first-order valence-electron chi connectivity index (χ1n) is 12.8. The molecule has 0 amide bonds. The van der Waals surface area contributed by atoms with Crippen molar-refractivity contribution in [3.8, 4) is 0 Å². The summed E-state index contributed by atoms with van der Waals surface area (Å²) in [6.45, 7) is 23.9. The van der Waals surface area contributed by atoms with Gasteiger partial charge >= 0.3 is 0 Å². The molecule has 1 saturated carbocycles. The quantitative estimate of drug-likeness (QED) is 0.225. The lowest BCUT2D eigenvalue weighted by Gasteiger charge is -2.33. The molecule has 0 aromatic rings. The van der Waals surface area contributed by atoms with Crippen LogP contribution in [-0.4, -0.2) is 29.0 Å². The van der Waals surface area contributed by atoms with E-state index in [-0.39, 0.29) is 0 Å². The van der Waals surface area contributed by atoms with Gasteiger partial charge in [-0.05, 0) is 89.9 Å². The van der Waals surface area contributed by atoms with Gasteiger partial charge in [-0.1, -0.05) is 69.2 Å². The third-order valence-electron chi connectivity index (χ3n) is 7.72. The van der Waals surface area contributed by atoms with E-state index >= 15 is 0 Å². The lowest BCUT2D eigenvalue weighted by Crippen LogP contribution is -2.26. The first kappa shape index (κ1) is 30.7. The maximum absolute atomic E-state index is 9.23. The molecule has 1 fully saturated rings. The van der Waals surface area contributed by atoms with Gasteiger partial charge in [-0.2, -0.15) is 24.4 Å². The van der Waals surface area contributed by atoms with Crippen molar-refractivity contribution >= 4 is 24.4 Å². The van der Waals surface area contributed by atoms with Gasteiger partial charge in [0.2, 0.25) is 0 Å². The molecule has 1 rings (SSSR count). The molecule has 1 aliphatic carbocycles. The minimum atomic E-state index is 0.313. The second kappa shape index (κ2) is 15.5. The van der Waals surface area contributed by atoms with Crippen LogP contribution < -0.4 is 0 Å². The highest BCUT2D eigenvalue weighted by Crippen LogP contribution is 2.52. The van der Waals surface area contributed by atoms with E-state index in [0.717, 1.165) is 58.8 Å². The molecule has 3 heteroatoms. The molecule has 7 unspecified atom stereocenters. The fourth-order valence-corrected chi connectivity index (χ4v) is 7.43. The summed E-state index contributed by atoms with van der Waals surface area (Å²) in [6, 6.07) is 0. The summed E-state index contributed by atoms with van der Waals surface area (Å²) in [4.78, 5) is 0. The molecule has 0 aromatic carbocycles. The van der Waals surface area contributed by atoms with Crippen molar-refractivity contribution < 1.29 is 5.11 Å². The summed E-state index contributed by atoms with van der Waals surface area (Å²) >= 11 is 6.52. The Morgan fingerprint density at radius 3 is 2.17 bits per heavy atom. The fourth-order valence-electron chi connectivity index (χ4n) is 5.95. The van der Waals surface area contributed by atoms with Crippen molar-refractivity contribution in [1.82, 2.24) is 0 Å². The SMILES string of the molecule is CC.CC(C)CC(CCS)C(C)C(C)CC1CC(C(C)(C)C)C(C)C1CSCCO. The second-order valence-electron chi connectivity index (χ2n) is 11.3. The second-order valence-corrected chi connectivity index (χ2v) is 12.9. The minimum absolute atomic E-state index is 0.313. The fraction of sp³-hybridized carbons (Fsp3) is 1.00. The molecule has 30 heavy (non-hydrogen) atoms.